The molecule has 1 spiro atoms. The van der Waals surface area contributed by atoms with Gasteiger partial charge in [0.2, 0.25) is 0 Å². The molecule has 2 fully saturated rings. The molecule has 2 amide bonds. The summed E-state index contributed by atoms with van der Waals surface area (Å²) in [5, 5.41) is 15.4. The van der Waals surface area contributed by atoms with Gasteiger partial charge in [-0.25, -0.2) is 14.9 Å². The van der Waals surface area contributed by atoms with Crippen molar-refractivity contribution in [2.45, 2.75) is 64.1 Å². The van der Waals surface area contributed by atoms with Crippen LogP contribution in [0.2, 0.25) is 0 Å². The van der Waals surface area contributed by atoms with Crippen LogP contribution in [0.15, 0.2) is 47.9 Å². The van der Waals surface area contributed by atoms with Gasteiger partial charge in [-0.2, -0.15) is 0 Å². The molecule has 0 radical (unpaired) electrons. The number of allylic oxidation sites excluding steroid dienone is 1. The molecule has 2 aliphatic carbocycles. The summed E-state index contributed by atoms with van der Waals surface area (Å²) >= 11 is 0. The van der Waals surface area contributed by atoms with E-state index in [0.29, 0.717) is 18.0 Å². The van der Waals surface area contributed by atoms with Crippen LogP contribution in [0.25, 0.3) is 0 Å². The van der Waals surface area contributed by atoms with Gasteiger partial charge in [-0.05, 0) is 49.7 Å². The van der Waals surface area contributed by atoms with Crippen molar-refractivity contribution in [2.24, 2.45) is 17.3 Å². The highest BCUT2D eigenvalue weighted by Gasteiger charge is 2.55. The molecule has 192 valence electrons. The molecule has 36 heavy (non-hydrogen) atoms. The fraction of sp³-hybridized carbons (Fsp3) is 0.556. The predicted molar refractivity (Wildman–Crippen MR) is 129 cm³/mol. The summed E-state index contributed by atoms with van der Waals surface area (Å²) in [5.74, 6) is 1.77. The second kappa shape index (κ2) is 9.03. The lowest BCUT2D eigenvalue weighted by atomic mass is 9.61. The monoisotopic (exact) mass is 495 g/mol. The van der Waals surface area contributed by atoms with Gasteiger partial charge in [0, 0.05) is 24.1 Å². The van der Waals surface area contributed by atoms with Gasteiger partial charge in [0.1, 0.15) is 24.5 Å². The van der Waals surface area contributed by atoms with Gasteiger partial charge in [-0.1, -0.05) is 31.2 Å². The highest BCUT2D eigenvalue weighted by Crippen LogP contribution is 2.59. The van der Waals surface area contributed by atoms with Gasteiger partial charge in [0.05, 0.1) is 24.3 Å². The third-order valence-corrected chi connectivity index (χ3v) is 8.31. The number of hydrogen-bond acceptors (Lipinski definition) is 7. The number of amides is 2. The molecule has 9 nitrogen and oxygen atoms in total. The summed E-state index contributed by atoms with van der Waals surface area (Å²) in [7, 11) is 0. The number of phenols is 1. The van der Waals surface area contributed by atoms with Crippen molar-refractivity contribution in [3.05, 3.63) is 53.4 Å². The molecule has 2 N–H and O–H groups in total. The van der Waals surface area contributed by atoms with Crippen LogP contribution in [0, 0.1) is 17.3 Å². The first-order valence-electron chi connectivity index (χ1n) is 13.0. The van der Waals surface area contributed by atoms with Gasteiger partial charge in [-0.15, -0.1) is 0 Å². The van der Waals surface area contributed by atoms with E-state index in [-0.39, 0.29) is 42.2 Å². The number of hydrogen-bond donors (Lipinski definition) is 2. The Hall–Kier alpha value is -3.20. The number of ether oxygens (including phenoxy) is 1. The Kier molecular flexibility index (Phi) is 5.82. The fourth-order valence-electron chi connectivity index (χ4n) is 6.68. The Morgan fingerprint density at radius 3 is 3.00 bits per heavy atom. The molecule has 5 atom stereocenters. The molecule has 1 saturated carbocycles. The molecule has 2 unspecified atom stereocenters. The van der Waals surface area contributed by atoms with E-state index < -0.39 is 12.1 Å². The van der Waals surface area contributed by atoms with Crippen LogP contribution in [0.3, 0.4) is 0 Å². The summed E-state index contributed by atoms with van der Waals surface area (Å²) in [5.41, 5.74) is 1.88. The summed E-state index contributed by atoms with van der Waals surface area (Å²) in [6, 6.07) is 5.91. The maximum Gasteiger partial charge on any atom is 0.432 e. The highest BCUT2D eigenvalue weighted by molar-refractivity contribution is 5.86. The molecule has 0 bridgehead atoms. The fourth-order valence-corrected chi connectivity index (χ4v) is 6.68. The minimum atomic E-state index is -0.849. The van der Waals surface area contributed by atoms with E-state index in [1.54, 1.807) is 29.3 Å². The number of benzene rings is 1. The van der Waals surface area contributed by atoms with E-state index in [9.17, 15) is 14.7 Å². The maximum absolute atomic E-state index is 12.8. The molecular formula is C27H33N3O6. The van der Waals surface area contributed by atoms with Crippen LogP contribution >= 0.6 is 0 Å². The zero-order chi connectivity index (χ0) is 24.9. The van der Waals surface area contributed by atoms with Gasteiger partial charge in [0.15, 0.2) is 0 Å². The third-order valence-electron chi connectivity index (χ3n) is 8.31. The van der Waals surface area contributed by atoms with E-state index in [4.69, 9.17) is 14.4 Å². The number of carbonyl (C=O) groups is 2. The van der Waals surface area contributed by atoms with Crippen molar-refractivity contribution in [1.29, 1.82) is 0 Å². The first kappa shape index (κ1) is 23.2. The average Bonchev–Trinajstić information content (AvgIpc) is 3.31. The molecule has 6 rings (SSSR count). The largest absolute Gasteiger partial charge is 0.508 e. The highest BCUT2D eigenvalue weighted by atomic mass is 16.7. The molecule has 5 aliphatic rings. The first-order valence-corrected chi connectivity index (χ1v) is 13.0. The SMILES string of the molecule is CC1CC[C@H]2OC3=C4[C@H](CCC3)CN(OC(=O)N[C@H]3CON(Cc5ccccc5O)C3=O)C=CC42C1. The number of para-hydroxylation sites is 1. The topological polar surface area (TPSA) is 101 Å². The zero-order valence-electron chi connectivity index (χ0n) is 20.5. The molecule has 3 aliphatic heterocycles. The first-order chi connectivity index (χ1) is 17.4. The Morgan fingerprint density at radius 2 is 2.14 bits per heavy atom. The van der Waals surface area contributed by atoms with Crippen LogP contribution in [0.4, 0.5) is 4.79 Å². The molecule has 0 aromatic heterocycles. The average molecular weight is 496 g/mol. The van der Waals surface area contributed by atoms with Gasteiger partial charge >= 0.3 is 6.09 Å². The lowest BCUT2D eigenvalue weighted by molar-refractivity contribution is -0.164. The third kappa shape index (κ3) is 3.99. The second-order valence-corrected chi connectivity index (χ2v) is 10.7. The Labute approximate surface area is 210 Å². The van der Waals surface area contributed by atoms with E-state index in [1.807, 2.05) is 6.20 Å². The Morgan fingerprint density at radius 1 is 1.28 bits per heavy atom. The van der Waals surface area contributed by atoms with Gasteiger partial charge in [-0.3, -0.25) is 9.63 Å². The number of hydroxylamine groups is 4. The van der Waals surface area contributed by atoms with Crippen molar-refractivity contribution in [1.82, 2.24) is 15.4 Å². The number of nitrogens with zero attached hydrogens (tertiary/aromatic N) is 2. The quantitative estimate of drug-likeness (QED) is 0.656. The number of aromatic hydroxyl groups is 1. The van der Waals surface area contributed by atoms with E-state index in [2.05, 4.69) is 18.3 Å². The summed E-state index contributed by atoms with van der Waals surface area (Å²) in [6.45, 7) is 2.99. The van der Waals surface area contributed by atoms with Crippen molar-refractivity contribution in [2.75, 3.05) is 13.2 Å². The van der Waals surface area contributed by atoms with Crippen LogP contribution < -0.4 is 5.32 Å². The Bertz CT molecular complexity index is 1120. The zero-order valence-corrected chi connectivity index (χ0v) is 20.5. The van der Waals surface area contributed by atoms with Crippen LogP contribution in [0.1, 0.15) is 51.0 Å². The summed E-state index contributed by atoms with van der Waals surface area (Å²) in [4.78, 5) is 36.7. The number of phenolic OH excluding ortho intramolecular Hbond substituents is 1. The number of carbonyl (C=O) groups excluding carboxylic acids is 2. The van der Waals surface area contributed by atoms with Crippen LogP contribution in [-0.4, -0.2) is 52.5 Å². The second-order valence-electron chi connectivity index (χ2n) is 10.7. The molecule has 9 heteroatoms. The molecule has 1 saturated heterocycles. The van der Waals surface area contributed by atoms with E-state index in [0.717, 1.165) is 37.2 Å². The normalized spacial score (nSPS) is 33.1. The Balaban J connectivity index is 1.11. The van der Waals surface area contributed by atoms with Crippen LogP contribution in [0.5, 0.6) is 5.75 Å². The minimum absolute atomic E-state index is 0.0102. The lowest BCUT2D eigenvalue weighted by Gasteiger charge is -2.41. The molecule has 1 aromatic rings. The van der Waals surface area contributed by atoms with Crippen molar-refractivity contribution in [3.8, 4) is 5.75 Å². The lowest BCUT2D eigenvalue weighted by Crippen LogP contribution is -2.44. The summed E-state index contributed by atoms with van der Waals surface area (Å²) in [6.07, 6.45) is 9.97. The van der Waals surface area contributed by atoms with Crippen molar-refractivity contribution in [3.63, 3.8) is 0 Å². The molecular weight excluding hydrogens is 462 g/mol. The summed E-state index contributed by atoms with van der Waals surface area (Å²) < 4.78 is 6.47. The van der Waals surface area contributed by atoms with Crippen molar-refractivity contribution >= 4 is 12.0 Å². The van der Waals surface area contributed by atoms with E-state index in [1.165, 1.54) is 17.8 Å². The number of rotatable bonds is 4. The number of nitrogens with one attached hydrogen (secondary N) is 1. The smallest absolute Gasteiger partial charge is 0.432 e. The predicted octanol–water partition coefficient (Wildman–Crippen LogP) is 3.76. The van der Waals surface area contributed by atoms with Crippen LogP contribution in [-0.2, 0) is 25.8 Å². The van der Waals surface area contributed by atoms with Crippen molar-refractivity contribution < 1.29 is 29.1 Å². The molecule has 1 aromatic carbocycles. The van der Waals surface area contributed by atoms with Gasteiger partial charge < -0.3 is 20.0 Å². The van der Waals surface area contributed by atoms with Gasteiger partial charge in [0.25, 0.3) is 5.91 Å². The standard InChI is InChI=1S/C27H33N3O6/c1-17-9-10-23-27(13-17)11-12-29(14-19-6-4-8-22(35-23)24(19)27)36-26(33)28-20-16-34-30(25(20)32)15-18-5-2-3-7-21(18)31/h2-3,5,7,11-12,17,19-20,23,31H,4,6,8-10,13-16H2,1H3,(H,28,33)/t17?,19-,20+,23-,27?/m1/s1. The molecule has 3 heterocycles. The van der Waals surface area contributed by atoms with E-state index >= 15 is 0 Å². The maximum atomic E-state index is 12.8. The minimum Gasteiger partial charge on any atom is -0.508 e.